The van der Waals surface area contributed by atoms with Crippen LogP contribution < -0.4 is 20.0 Å². The van der Waals surface area contributed by atoms with E-state index in [9.17, 15) is 18.0 Å². The van der Waals surface area contributed by atoms with Gasteiger partial charge in [-0.15, -0.1) is 0 Å². The van der Waals surface area contributed by atoms with Gasteiger partial charge in [-0.25, -0.2) is 4.79 Å². The van der Waals surface area contributed by atoms with Gasteiger partial charge in [-0.3, -0.25) is 9.09 Å². The molecule has 154 valence electrons. The van der Waals surface area contributed by atoms with Crippen molar-refractivity contribution in [3.8, 4) is 28.6 Å². The van der Waals surface area contributed by atoms with Gasteiger partial charge in [0.1, 0.15) is 5.75 Å². The van der Waals surface area contributed by atoms with E-state index in [4.69, 9.17) is 18.7 Å². The fourth-order valence-electron chi connectivity index (χ4n) is 2.67. The molecule has 0 spiro atoms. The zero-order valence-corrected chi connectivity index (χ0v) is 15.5. The highest BCUT2D eigenvalue weighted by Crippen LogP contribution is 2.31. The first-order chi connectivity index (χ1) is 13.8. The van der Waals surface area contributed by atoms with Crippen molar-refractivity contribution in [2.45, 2.75) is 12.7 Å². The standard InChI is InChI=1S/C19H17F3N2O5/c1-26-15-7-6-13(9-16(15)27-2)17-23-29-18(25)24(17)10-12-4-3-5-14(8-12)28-11-19(20,21)22/h3-9H,10-11H2,1-2H3. The SMILES string of the molecule is COc1ccc(-c2noc(=O)n2Cc2cccc(OCC(F)(F)F)c2)cc1OC. The molecule has 3 rings (SSSR count). The Morgan fingerprint density at radius 3 is 2.52 bits per heavy atom. The summed E-state index contributed by atoms with van der Waals surface area (Å²) in [5.41, 5.74) is 1.08. The third-order valence-corrected chi connectivity index (χ3v) is 3.97. The van der Waals surface area contributed by atoms with Gasteiger partial charge in [0.05, 0.1) is 20.8 Å². The van der Waals surface area contributed by atoms with E-state index in [0.29, 0.717) is 22.6 Å². The number of methoxy groups -OCH3 is 2. The number of ether oxygens (including phenoxy) is 3. The second-order valence-electron chi connectivity index (χ2n) is 5.98. The third-order valence-electron chi connectivity index (χ3n) is 3.97. The van der Waals surface area contributed by atoms with E-state index in [1.54, 1.807) is 24.3 Å². The first kappa shape index (κ1) is 20.3. The van der Waals surface area contributed by atoms with Crippen LogP contribution in [0.5, 0.6) is 17.2 Å². The Hall–Kier alpha value is -3.43. The molecule has 0 saturated heterocycles. The van der Waals surface area contributed by atoms with Crippen molar-refractivity contribution in [1.82, 2.24) is 9.72 Å². The van der Waals surface area contributed by atoms with Gasteiger partial charge in [0.15, 0.2) is 23.9 Å². The maximum atomic E-state index is 12.3. The van der Waals surface area contributed by atoms with Crippen molar-refractivity contribution < 1.29 is 31.9 Å². The first-order valence-electron chi connectivity index (χ1n) is 8.38. The monoisotopic (exact) mass is 410 g/mol. The summed E-state index contributed by atoms with van der Waals surface area (Å²) < 4.78 is 58.3. The minimum absolute atomic E-state index is 0.0230. The summed E-state index contributed by atoms with van der Waals surface area (Å²) in [6, 6.07) is 11.0. The van der Waals surface area contributed by atoms with Crippen LogP contribution in [-0.2, 0) is 6.54 Å². The molecule has 0 radical (unpaired) electrons. The van der Waals surface area contributed by atoms with Crippen LogP contribution in [0.25, 0.3) is 11.4 Å². The topological polar surface area (TPSA) is 75.7 Å². The van der Waals surface area contributed by atoms with Crippen molar-refractivity contribution in [3.05, 3.63) is 58.6 Å². The second kappa shape index (κ2) is 8.29. The van der Waals surface area contributed by atoms with Crippen molar-refractivity contribution in [3.63, 3.8) is 0 Å². The van der Waals surface area contributed by atoms with Gasteiger partial charge >= 0.3 is 11.9 Å². The summed E-state index contributed by atoms with van der Waals surface area (Å²) in [6.45, 7) is -1.38. The van der Waals surface area contributed by atoms with Crippen LogP contribution in [0.1, 0.15) is 5.56 Å². The number of hydrogen-bond acceptors (Lipinski definition) is 6. The van der Waals surface area contributed by atoms with Gasteiger partial charge in [0.25, 0.3) is 0 Å². The Bertz CT molecular complexity index is 1040. The van der Waals surface area contributed by atoms with E-state index < -0.39 is 18.5 Å². The fourth-order valence-corrected chi connectivity index (χ4v) is 2.67. The van der Waals surface area contributed by atoms with E-state index in [1.165, 1.54) is 37.0 Å². The molecule has 0 aliphatic carbocycles. The van der Waals surface area contributed by atoms with Crippen LogP contribution in [0, 0.1) is 0 Å². The average Bonchev–Trinajstić information content (AvgIpc) is 3.06. The highest BCUT2D eigenvalue weighted by atomic mass is 19.4. The molecule has 10 heteroatoms. The van der Waals surface area contributed by atoms with Crippen molar-refractivity contribution >= 4 is 0 Å². The van der Waals surface area contributed by atoms with Crippen LogP contribution in [0.4, 0.5) is 13.2 Å². The maximum Gasteiger partial charge on any atom is 0.442 e. The molecule has 1 aromatic heterocycles. The molecule has 0 amide bonds. The van der Waals surface area contributed by atoms with E-state index >= 15 is 0 Å². The van der Waals surface area contributed by atoms with Crippen LogP contribution in [0.3, 0.4) is 0 Å². The first-order valence-corrected chi connectivity index (χ1v) is 8.38. The minimum Gasteiger partial charge on any atom is -0.493 e. The van der Waals surface area contributed by atoms with Gasteiger partial charge in [-0.2, -0.15) is 13.2 Å². The summed E-state index contributed by atoms with van der Waals surface area (Å²) in [6.07, 6.45) is -4.44. The average molecular weight is 410 g/mol. The lowest BCUT2D eigenvalue weighted by atomic mass is 10.1. The van der Waals surface area contributed by atoms with Crippen molar-refractivity contribution in [2.75, 3.05) is 20.8 Å². The quantitative estimate of drug-likeness (QED) is 0.593. The number of alkyl halides is 3. The van der Waals surface area contributed by atoms with Gasteiger partial charge in [-0.05, 0) is 35.9 Å². The van der Waals surface area contributed by atoms with Crippen LogP contribution >= 0.6 is 0 Å². The highest BCUT2D eigenvalue weighted by molar-refractivity contribution is 5.61. The summed E-state index contributed by atoms with van der Waals surface area (Å²) in [5, 5.41) is 3.80. The number of aromatic nitrogens is 2. The molecule has 0 aliphatic heterocycles. The number of hydrogen-bond donors (Lipinski definition) is 0. The fraction of sp³-hybridized carbons (Fsp3) is 0.263. The summed E-state index contributed by atoms with van der Waals surface area (Å²) in [4.78, 5) is 12.1. The van der Waals surface area contributed by atoms with Crippen molar-refractivity contribution in [2.24, 2.45) is 0 Å². The van der Waals surface area contributed by atoms with E-state index in [1.807, 2.05) is 0 Å². The summed E-state index contributed by atoms with van der Waals surface area (Å²) in [7, 11) is 2.97. The molecule has 0 unspecified atom stereocenters. The lowest BCUT2D eigenvalue weighted by molar-refractivity contribution is -0.153. The van der Waals surface area contributed by atoms with Gasteiger partial charge in [0.2, 0.25) is 0 Å². The molecule has 1 heterocycles. The molecule has 7 nitrogen and oxygen atoms in total. The van der Waals surface area contributed by atoms with Crippen molar-refractivity contribution in [1.29, 1.82) is 0 Å². The van der Waals surface area contributed by atoms with Crippen LogP contribution in [0.2, 0.25) is 0 Å². The lowest BCUT2D eigenvalue weighted by Gasteiger charge is -2.11. The van der Waals surface area contributed by atoms with E-state index in [2.05, 4.69) is 5.16 Å². The molecular formula is C19H17F3N2O5. The molecule has 2 aromatic carbocycles. The molecular weight excluding hydrogens is 393 g/mol. The summed E-state index contributed by atoms with van der Waals surface area (Å²) in [5.74, 6) is 0.503. The van der Waals surface area contributed by atoms with Gasteiger partial charge in [-0.1, -0.05) is 17.3 Å². The number of rotatable bonds is 7. The van der Waals surface area contributed by atoms with Gasteiger partial charge in [0, 0.05) is 5.56 Å². The molecule has 0 saturated carbocycles. The molecule has 3 aromatic rings. The smallest absolute Gasteiger partial charge is 0.442 e. The zero-order valence-electron chi connectivity index (χ0n) is 15.5. The zero-order chi connectivity index (χ0) is 21.0. The lowest BCUT2D eigenvalue weighted by Crippen LogP contribution is -2.19. The Morgan fingerprint density at radius 1 is 1.07 bits per heavy atom. The number of halogens is 3. The maximum absolute atomic E-state index is 12.3. The summed E-state index contributed by atoms with van der Waals surface area (Å²) >= 11 is 0. The largest absolute Gasteiger partial charge is 0.493 e. The number of nitrogens with zero attached hydrogens (tertiary/aromatic N) is 2. The normalized spacial score (nSPS) is 11.3. The Kier molecular flexibility index (Phi) is 5.81. The highest BCUT2D eigenvalue weighted by Gasteiger charge is 2.28. The minimum atomic E-state index is -4.44. The molecule has 0 aliphatic rings. The molecule has 29 heavy (non-hydrogen) atoms. The molecule has 0 fully saturated rings. The molecule has 0 N–H and O–H groups in total. The predicted molar refractivity (Wildman–Crippen MR) is 96.4 cm³/mol. The Labute approximate surface area is 163 Å². The van der Waals surface area contributed by atoms with Crippen LogP contribution in [0.15, 0.2) is 51.8 Å². The van der Waals surface area contributed by atoms with Crippen LogP contribution in [-0.4, -0.2) is 36.7 Å². The second-order valence-corrected chi connectivity index (χ2v) is 5.98. The third kappa shape index (κ3) is 4.89. The number of benzene rings is 2. The van der Waals surface area contributed by atoms with E-state index in [-0.39, 0.29) is 18.1 Å². The molecule has 0 bridgehead atoms. The molecule has 0 atom stereocenters. The predicted octanol–water partition coefficient (Wildman–Crippen LogP) is 3.51. The van der Waals surface area contributed by atoms with Gasteiger partial charge < -0.3 is 14.2 Å². The Morgan fingerprint density at radius 2 is 1.83 bits per heavy atom. The Balaban J connectivity index is 1.89. The van der Waals surface area contributed by atoms with E-state index in [0.717, 1.165) is 0 Å².